The number of nitrogens with zero attached hydrogens (tertiary/aromatic N) is 1. The van der Waals surface area contributed by atoms with Crippen molar-refractivity contribution < 1.29 is 13.6 Å². The van der Waals surface area contributed by atoms with Crippen LogP contribution in [0.2, 0.25) is 0 Å². The van der Waals surface area contributed by atoms with Gasteiger partial charge in [-0.1, -0.05) is 24.3 Å². The van der Waals surface area contributed by atoms with Crippen molar-refractivity contribution in [1.29, 1.82) is 0 Å². The molecule has 0 bridgehead atoms. The third-order valence-corrected chi connectivity index (χ3v) is 5.28. The summed E-state index contributed by atoms with van der Waals surface area (Å²) in [5.41, 5.74) is 4.79. The molecule has 1 amide bonds. The molecule has 6 heteroatoms. The molecule has 0 atom stereocenters. The molecule has 29 heavy (non-hydrogen) atoms. The maximum Gasteiger partial charge on any atom is 0.257 e. The fraction of sp³-hybridized carbons (Fsp3) is 0.0870. The van der Waals surface area contributed by atoms with E-state index in [2.05, 4.69) is 22.8 Å². The highest BCUT2D eigenvalue weighted by molar-refractivity contribution is 6.31. The second-order valence-electron chi connectivity index (χ2n) is 7.14. The van der Waals surface area contributed by atoms with Gasteiger partial charge < -0.3 is 15.5 Å². The summed E-state index contributed by atoms with van der Waals surface area (Å²) in [6.07, 6.45) is 1.47. The molecule has 0 saturated carbocycles. The molecule has 0 fully saturated rings. The molecule has 3 aromatic carbocycles. The smallest absolute Gasteiger partial charge is 0.257 e. The van der Waals surface area contributed by atoms with Crippen LogP contribution in [0.3, 0.4) is 0 Å². The molecule has 5 rings (SSSR count). The first-order valence-corrected chi connectivity index (χ1v) is 9.28. The number of fused-ring (bicyclic) bond motifs is 2. The Hall–Kier alpha value is -3.67. The predicted octanol–water partition coefficient (Wildman–Crippen LogP) is 4.89. The lowest BCUT2D eigenvalue weighted by Crippen LogP contribution is -2.16. The standard InChI is InChI=1S/C23H17F2N3O/c24-16-5-7-21-18(9-16)19(23(29)27-21)11-26-17-6-8-22(20(25)10-17)28-12-14-3-1-2-4-15(14)13-28/h1-11,26H,12-13H2,(H,27,29). The summed E-state index contributed by atoms with van der Waals surface area (Å²) < 4.78 is 28.3. The van der Waals surface area contributed by atoms with Crippen LogP contribution in [-0.4, -0.2) is 5.91 Å². The van der Waals surface area contributed by atoms with Gasteiger partial charge in [0.25, 0.3) is 5.91 Å². The lowest BCUT2D eigenvalue weighted by molar-refractivity contribution is -0.110. The minimum absolute atomic E-state index is 0.305. The molecule has 2 heterocycles. The van der Waals surface area contributed by atoms with Crippen LogP contribution in [-0.2, 0) is 17.9 Å². The Morgan fingerprint density at radius 2 is 1.72 bits per heavy atom. The summed E-state index contributed by atoms with van der Waals surface area (Å²) in [6.45, 7) is 1.35. The zero-order chi connectivity index (χ0) is 20.0. The lowest BCUT2D eigenvalue weighted by Gasteiger charge is -2.19. The van der Waals surface area contributed by atoms with Gasteiger partial charge in [-0.05, 0) is 47.5 Å². The van der Waals surface area contributed by atoms with Crippen LogP contribution in [0.5, 0.6) is 0 Å². The molecule has 0 unspecified atom stereocenters. The second-order valence-corrected chi connectivity index (χ2v) is 7.14. The van der Waals surface area contributed by atoms with E-state index in [0.29, 0.717) is 41.3 Å². The molecule has 0 radical (unpaired) electrons. The van der Waals surface area contributed by atoms with Crippen molar-refractivity contribution in [3.05, 3.63) is 95.2 Å². The Labute approximate surface area is 166 Å². The van der Waals surface area contributed by atoms with Crippen LogP contribution >= 0.6 is 0 Å². The number of carbonyl (C=O) groups excluding carboxylic acids is 1. The number of hydrogen-bond acceptors (Lipinski definition) is 3. The zero-order valence-corrected chi connectivity index (χ0v) is 15.4. The summed E-state index contributed by atoms with van der Waals surface area (Å²) >= 11 is 0. The van der Waals surface area contributed by atoms with Crippen molar-refractivity contribution in [3.8, 4) is 0 Å². The number of nitrogens with one attached hydrogen (secondary N) is 2. The van der Waals surface area contributed by atoms with Crippen molar-refractivity contribution >= 4 is 28.5 Å². The summed E-state index contributed by atoms with van der Waals surface area (Å²) in [7, 11) is 0. The van der Waals surface area contributed by atoms with Gasteiger partial charge >= 0.3 is 0 Å². The van der Waals surface area contributed by atoms with Gasteiger partial charge in [-0.3, -0.25) is 4.79 Å². The number of benzene rings is 3. The van der Waals surface area contributed by atoms with Crippen molar-refractivity contribution in [1.82, 2.24) is 0 Å². The van der Waals surface area contributed by atoms with E-state index in [1.54, 1.807) is 12.1 Å². The van der Waals surface area contributed by atoms with Crippen LogP contribution in [0, 0.1) is 11.6 Å². The number of carbonyl (C=O) groups is 1. The van der Waals surface area contributed by atoms with Crippen LogP contribution < -0.4 is 15.5 Å². The third-order valence-electron chi connectivity index (χ3n) is 5.28. The minimum atomic E-state index is -0.423. The molecule has 0 saturated heterocycles. The highest BCUT2D eigenvalue weighted by atomic mass is 19.1. The molecule has 2 aliphatic heterocycles. The minimum Gasteiger partial charge on any atom is -0.361 e. The maximum absolute atomic E-state index is 14.8. The SMILES string of the molecule is O=C1Nc2ccc(F)cc2C1=CNc1ccc(N2Cc3ccccc3C2)c(F)c1. The van der Waals surface area contributed by atoms with E-state index < -0.39 is 5.82 Å². The molecule has 3 aromatic rings. The lowest BCUT2D eigenvalue weighted by atomic mass is 10.1. The van der Waals surface area contributed by atoms with Crippen LogP contribution in [0.15, 0.2) is 66.9 Å². The highest BCUT2D eigenvalue weighted by Crippen LogP contribution is 2.33. The fourth-order valence-electron chi connectivity index (χ4n) is 3.82. The van der Waals surface area contributed by atoms with Gasteiger partial charge in [0.05, 0.1) is 11.3 Å². The van der Waals surface area contributed by atoms with E-state index in [1.165, 1.54) is 41.6 Å². The summed E-state index contributed by atoms with van der Waals surface area (Å²) in [5, 5.41) is 5.63. The van der Waals surface area contributed by atoms with Crippen molar-refractivity contribution in [3.63, 3.8) is 0 Å². The van der Waals surface area contributed by atoms with E-state index >= 15 is 0 Å². The first-order chi connectivity index (χ1) is 14.1. The van der Waals surface area contributed by atoms with Gasteiger partial charge in [0.1, 0.15) is 11.6 Å². The Balaban J connectivity index is 1.36. The molecular formula is C23H17F2N3O. The molecule has 2 aliphatic rings. The Bertz CT molecular complexity index is 1150. The van der Waals surface area contributed by atoms with E-state index in [4.69, 9.17) is 0 Å². The number of halogens is 2. The average Bonchev–Trinajstić information content (AvgIpc) is 3.26. The normalized spacial score (nSPS) is 16.0. The van der Waals surface area contributed by atoms with Crippen LogP contribution in [0.25, 0.3) is 5.57 Å². The molecule has 144 valence electrons. The quantitative estimate of drug-likeness (QED) is 0.627. The number of hydrogen-bond donors (Lipinski definition) is 2. The Kier molecular flexibility index (Phi) is 4.05. The van der Waals surface area contributed by atoms with Gasteiger partial charge in [-0.25, -0.2) is 8.78 Å². The van der Waals surface area contributed by atoms with Gasteiger partial charge in [0.15, 0.2) is 0 Å². The first-order valence-electron chi connectivity index (χ1n) is 9.28. The predicted molar refractivity (Wildman–Crippen MR) is 109 cm³/mol. The van der Waals surface area contributed by atoms with E-state index in [-0.39, 0.29) is 11.7 Å². The number of anilines is 3. The zero-order valence-electron chi connectivity index (χ0n) is 15.4. The van der Waals surface area contributed by atoms with E-state index in [1.807, 2.05) is 17.0 Å². The van der Waals surface area contributed by atoms with E-state index in [0.717, 1.165) is 0 Å². The van der Waals surface area contributed by atoms with Crippen molar-refractivity contribution in [2.75, 3.05) is 15.5 Å². The largest absolute Gasteiger partial charge is 0.361 e. The topological polar surface area (TPSA) is 44.4 Å². The van der Waals surface area contributed by atoms with Gasteiger partial charge in [-0.2, -0.15) is 0 Å². The molecule has 0 aliphatic carbocycles. The molecular weight excluding hydrogens is 372 g/mol. The number of amides is 1. The molecule has 4 nitrogen and oxygen atoms in total. The Morgan fingerprint density at radius 1 is 0.966 bits per heavy atom. The van der Waals surface area contributed by atoms with Crippen molar-refractivity contribution in [2.45, 2.75) is 13.1 Å². The fourth-order valence-corrected chi connectivity index (χ4v) is 3.82. The molecule has 2 N–H and O–H groups in total. The van der Waals surface area contributed by atoms with Crippen LogP contribution in [0.4, 0.5) is 25.8 Å². The second kappa shape index (κ2) is 6.74. The average molecular weight is 389 g/mol. The molecule has 0 aromatic heterocycles. The molecule has 0 spiro atoms. The van der Waals surface area contributed by atoms with Gasteiger partial charge in [-0.15, -0.1) is 0 Å². The monoisotopic (exact) mass is 389 g/mol. The first kappa shape index (κ1) is 17.4. The van der Waals surface area contributed by atoms with Crippen molar-refractivity contribution in [2.24, 2.45) is 0 Å². The van der Waals surface area contributed by atoms with Gasteiger partial charge in [0, 0.05) is 36.2 Å². The Morgan fingerprint density at radius 3 is 2.45 bits per heavy atom. The summed E-state index contributed by atoms with van der Waals surface area (Å²) in [4.78, 5) is 14.1. The van der Waals surface area contributed by atoms with E-state index in [9.17, 15) is 13.6 Å². The highest BCUT2D eigenvalue weighted by Gasteiger charge is 2.25. The van der Waals surface area contributed by atoms with Crippen LogP contribution in [0.1, 0.15) is 16.7 Å². The van der Waals surface area contributed by atoms with Gasteiger partial charge in [0.2, 0.25) is 0 Å². The number of rotatable bonds is 3. The summed E-state index contributed by atoms with van der Waals surface area (Å²) in [5.74, 6) is -1.10. The summed E-state index contributed by atoms with van der Waals surface area (Å²) in [6, 6.07) is 17.1. The third kappa shape index (κ3) is 3.12. The maximum atomic E-state index is 14.8.